The molecule has 18 heavy (non-hydrogen) atoms. The second kappa shape index (κ2) is 6.40. The largest absolute Gasteiger partial charge is 0.338 e. The molecule has 4 heteroatoms. The van der Waals surface area contributed by atoms with Crippen LogP contribution in [0.3, 0.4) is 0 Å². The zero-order valence-electron chi connectivity index (χ0n) is 10.9. The Hall–Kier alpha value is -1.55. The molecule has 98 valence electrons. The lowest BCUT2D eigenvalue weighted by Crippen LogP contribution is -2.29. The van der Waals surface area contributed by atoms with Crippen molar-refractivity contribution in [3.05, 3.63) is 29.3 Å². The molecular weight excluding hydrogens is 226 g/mol. The van der Waals surface area contributed by atoms with E-state index in [0.717, 1.165) is 44.6 Å². The number of nitrogens with one attached hydrogen (secondary N) is 3. The molecule has 2 rings (SSSR count). The highest BCUT2D eigenvalue weighted by Gasteiger charge is 2.09. The number of carbonyl (C=O) groups excluding carboxylic acids is 1. The van der Waals surface area contributed by atoms with Gasteiger partial charge in [0.05, 0.1) is 0 Å². The molecule has 0 saturated carbocycles. The van der Waals surface area contributed by atoms with Crippen LogP contribution in [0.25, 0.3) is 0 Å². The number of rotatable bonds is 4. The molecular formula is C14H21N3O. The van der Waals surface area contributed by atoms with Crippen LogP contribution < -0.4 is 16.0 Å². The van der Waals surface area contributed by atoms with E-state index in [4.69, 9.17) is 0 Å². The second-order valence-electron chi connectivity index (χ2n) is 4.64. The van der Waals surface area contributed by atoms with Gasteiger partial charge in [0.15, 0.2) is 0 Å². The topological polar surface area (TPSA) is 53.2 Å². The normalized spacial score (nSPS) is 13.8. The molecule has 3 N–H and O–H groups in total. The van der Waals surface area contributed by atoms with E-state index in [-0.39, 0.29) is 6.03 Å². The molecule has 1 heterocycles. The van der Waals surface area contributed by atoms with Gasteiger partial charge in [-0.15, -0.1) is 0 Å². The van der Waals surface area contributed by atoms with Gasteiger partial charge in [0.1, 0.15) is 0 Å². The van der Waals surface area contributed by atoms with E-state index in [1.54, 1.807) is 0 Å². The molecule has 0 radical (unpaired) electrons. The van der Waals surface area contributed by atoms with Gasteiger partial charge >= 0.3 is 6.03 Å². The predicted molar refractivity (Wildman–Crippen MR) is 73.8 cm³/mol. The van der Waals surface area contributed by atoms with Gasteiger partial charge in [-0.05, 0) is 42.6 Å². The monoisotopic (exact) mass is 247 g/mol. The summed E-state index contributed by atoms with van der Waals surface area (Å²) in [6.07, 6.45) is 3.14. The summed E-state index contributed by atoms with van der Waals surface area (Å²) >= 11 is 0. The summed E-state index contributed by atoms with van der Waals surface area (Å²) in [4.78, 5) is 11.6. The molecule has 0 atom stereocenters. The first-order valence-corrected chi connectivity index (χ1v) is 6.67. The standard InChI is InChI=1S/C14H21N3O/c1-2-3-7-16-14(18)17-13-5-4-12-10-15-8-6-11(12)9-13/h4-5,9,15H,2-3,6-8,10H2,1H3,(H2,16,17,18). The fourth-order valence-corrected chi connectivity index (χ4v) is 2.11. The van der Waals surface area contributed by atoms with Gasteiger partial charge < -0.3 is 16.0 Å². The third-order valence-corrected chi connectivity index (χ3v) is 3.17. The van der Waals surface area contributed by atoms with E-state index in [1.165, 1.54) is 11.1 Å². The van der Waals surface area contributed by atoms with Crippen LogP contribution in [0.2, 0.25) is 0 Å². The molecule has 0 fully saturated rings. The average molecular weight is 247 g/mol. The SMILES string of the molecule is CCCCNC(=O)Nc1ccc2c(c1)CCNC2. The maximum Gasteiger partial charge on any atom is 0.319 e. The summed E-state index contributed by atoms with van der Waals surface area (Å²) in [7, 11) is 0. The zero-order valence-corrected chi connectivity index (χ0v) is 10.9. The lowest BCUT2D eigenvalue weighted by molar-refractivity contribution is 0.252. The minimum atomic E-state index is -0.114. The van der Waals surface area contributed by atoms with Crippen molar-refractivity contribution in [1.29, 1.82) is 0 Å². The quantitative estimate of drug-likeness (QED) is 0.715. The second-order valence-corrected chi connectivity index (χ2v) is 4.64. The molecule has 0 spiro atoms. The van der Waals surface area contributed by atoms with E-state index in [9.17, 15) is 4.79 Å². The van der Waals surface area contributed by atoms with Crippen LogP contribution in [0.5, 0.6) is 0 Å². The number of fused-ring (bicyclic) bond motifs is 1. The number of unbranched alkanes of at least 4 members (excludes halogenated alkanes) is 1. The van der Waals surface area contributed by atoms with Crippen LogP contribution in [-0.4, -0.2) is 19.1 Å². The Balaban J connectivity index is 1.91. The van der Waals surface area contributed by atoms with Crippen LogP contribution in [0.4, 0.5) is 10.5 Å². The van der Waals surface area contributed by atoms with Crippen molar-refractivity contribution in [1.82, 2.24) is 10.6 Å². The zero-order chi connectivity index (χ0) is 12.8. The molecule has 1 aromatic rings. The highest BCUT2D eigenvalue weighted by molar-refractivity contribution is 5.89. The molecule has 1 aromatic carbocycles. The molecule has 0 aliphatic carbocycles. The first-order valence-electron chi connectivity index (χ1n) is 6.67. The molecule has 4 nitrogen and oxygen atoms in total. The predicted octanol–water partition coefficient (Wildman–Crippen LogP) is 2.25. The third kappa shape index (κ3) is 3.47. The molecule has 2 amide bonds. The van der Waals surface area contributed by atoms with E-state index in [2.05, 4.69) is 35.0 Å². The van der Waals surface area contributed by atoms with E-state index in [0.29, 0.717) is 0 Å². The number of urea groups is 1. The van der Waals surface area contributed by atoms with Gasteiger partial charge in [-0.1, -0.05) is 19.4 Å². The van der Waals surface area contributed by atoms with Crippen LogP contribution >= 0.6 is 0 Å². The number of amides is 2. The first-order chi connectivity index (χ1) is 8.79. The first kappa shape index (κ1) is 12.9. The maximum absolute atomic E-state index is 11.6. The third-order valence-electron chi connectivity index (χ3n) is 3.17. The van der Waals surface area contributed by atoms with Crippen LogP contribution in [0, 0.1) is 0 Å². The smallest absolute Gasteiger partial charge is 0.319 e. The summed E-state index contributed by atoms with van der Waals surface area (Å²) in [5.74, 6) is 0. The molecule has 0 saturated heterocycles. The Morgan fingerprint density at radius 1 is 1.39 bits per heavy atom. The summed E-state index contributed by atoms with van der Waals surface area (Å²) in [6.45, 7) is 4.78. The van der Waals surface area contributed by atoms with Gasteiger partial charge in [-0.25, -0.2) is 4.79 Å². The van der Waals surface area contributed by atoms with Crippen LogP contribution in [0.15, 0.2) is 18.2 Å². The fourth-order valence-electron chi connectivity index (χ4n) is 2.11. The van der Waals surface area contributed by atoms with E-state index < -0.39 is 0 Å². The summed E-state index contributed by atoms with van der Waals surface area (Å²) < 4.78 is 0. The van der Waals surface area contributed by atoms with Crippen molar-refractivity contribution in [3.8, 4) is 0 Å². The van der Waals surface area contributed by atoms with E-state index in [1.807, 2.05) is 6.07 Å². The Bertz CT molecular complexity index is 418. The summed E-state index contributed by atoms with van der Waals surface area (Å²) in [5, 5.41) is 9.07. The molecule has 0 unspecified atom stereocenters. The number of anilines is 1. The molecule has 0 aromatic heterocycles. The summed E-state index contributed by atoms with van der Waals surface area (Å²) in [5.41, 5.74) is 3.54. The van der Waals surface area contributed by atoms with Gasteiger partial charge in [-0.2, -0.15) is 0 Å². The molecule has 1 aliphatic heterocycles. The van der Waals surface area contributed by atoms with E-state index >= 15 is 0 Å². The van der Waals surface area contributed by atoms with Crippen molar-refractivity contribution in [2.45, 2.75) is 32.7 Å². The number of benzene rings is 1. The average Bonchev–Trinajstić information content (AvgIpc) is 2.39. The minimum absolute atomic E-state index is 0.114. The van der Waals surface area contributed by atoms with Crippen molar-refractivity contribution in [2.24, 2.45) is 0 Å². The van der Waals surface area contributed by atoms with Gasteiger partial charge in [-0.3, -0.25) is 0 Å². The highest BCUT2D eigenvalue weighted by Crippen LogP contribution is 2.18. The van der Waals surface area contributed by atoms with Gasteiger partial charge in [0, 0.05) is 18.8 Å². The van der Waals surface area contributed by atoms with Crippen molar-refractivity contribution < 1.29 is 4.79 Å². The maximum atomic E-state index is 11.6. The Labute approximate surface area is 108 Å². The Morgan fingerprint density at radius 2 is 2.28 bits per heavy atom. The lowest BCUT2D eigenvalue weighted by atomic mass is 10.0. The number of hydrogen-bond acceptors (Lipinski definition) is 2. The lowest BCUT2D eigenvalue weighted by Gasteiger charge is -2.18. The van der Waals surface area contributed by atoms with Crippen molar-refractivity contribution >= 4 is 11.7 Å². The fraction of sp³-hybridized carbons (Fsp3) is 0.500. The minimum Gasteiger partial charge on any atom is -0.338 e. The van der Waals surface area contributed by atoms with Gasteiger partial charge in [0.2, 0.25) is 0 Å². The van der Waals surface area contributed by atoms with Crippen molar-refractivity contribution in [2.75, 3.05) is 18.4 Å². The number of carbonyl (C=O) groups is 1. The Kier molecular flexibility index (Phi) is 4.59. The van der Waals surface area contributed by atoms with Crippen LogP contribution in [0.1, 0.15) is 30.9 Å². The van der Waals surface area contributed by atoms with Crippen molar-refractivity contribution in [3.63, 3.8) is 0 Å². The molecule has 0 bridgehead atoms. The molecule has 1 aliphatic rings. The van der Waals surface area contributed by atoms with Gasteiger partial charge in [0.25, 0.3) is 0 Å². The Morgan fingerprint density at radius 3 is 3.11 bits per heavy atom. The highest BCUT2D eigenvalue weighted by atomic mass is 16.2. The summed E-state index contributed by atoms with van der Waals surface area (Å²) in [6, 6.07) is 6.02. The van der Waals surface area contributed by atoms with Crippen LogP contribution in [-0.2, 0) is 13.0 Å². The number of hydrogen-bond donors (Lipinski definition) is 3.